The number of thiophene rings is 1. The smallest absolute Gasteiger partial charge is 0.207 e. The molecule has 3 nitrogen and oxygen atoms in total. The lowest BCUT2D eigenvalue weighted by atomic mass is 10.5. The Balaban J connectivity index is 3.17. The number of rotatable bonds is 5. The lowest BCUT2D eigenvalue weighted by Gasteiger charge is -2.18. The first-order valence-electron chi connectivity index (χ1n) is 4.82. The second-order valence-electron chi connectivity index (χ2n) is 3.23. The van der Waals surface area contributed by atoms with Gasteiger partial charge in [-0.2, -0.15) is 4.31 Å². The molecule has 0 saturated heterocycles. The Labute approximate surface area is 115 Å². The Kier molecular flexibility index (Phi) is 5.29. The summed E-state index contributed by atoms with van der Waals surface area (Å²) in [4.78, 5) is 0.0258. The number of terminal acetylenes is 1. The lowest BCUT2D eigenvalue weighted by molar-refractivity contribution is 0.446. The Bertz CT molecular complexity index is 531. The largest absolute Gasteiger partial charge is 0.246 e. The highest BCUT2D eigenvalue weighted by Gasteiger charge is 2.27. The summed E-state index contributed by atoms with van der Waals surface area (Å²) in [6.07, 6.45) is 5.84. The van der Waals surface area contributed by atoms with Crippen molar-refractivity contribution in [2.24, 2.45) is 0 Å². The molecule has 0 amide bonds. The predicted octanol–water partition coefficient (Wildman–Crippen LogP) is 3.09. The predicted molar refractivity (Wildman–Crippen MR) is 72.2 cm³/mol. The van der Waals surface area contributed by atoms with Crippen LogP contribution in [0.5, 0.6) is 0 Å². The first-order valence-corrected chi connectivity index (χ1v) is 7.83. The summed E-state index contributed by atoms with van der Waals surface area (Å²) in [5, 5.41) is 0. The van der Waals surface area contributed by atoms with Crippen LogP contribution in [0.2, 0.25) is 8.67 Å². The van der Waals surface area contributed by atoms with E-state index in [9.17, 15) is 8.42 Å². The molecule has 0 unspecified atom stereocenters. The van der Waals surface area contributed by atoms with E-state index in [0.29, 0.717) is 17.3 Å². The average Bonchev–Trinajstić information content (AvgIpc) is 2.58. The molecule has 0 atom stereocenters. The van der Waals surface area contributed by atoms with Crippen LogP contribution in [0.25, 0.3) is 0 Å². The number of sulfonamides is 1. The van der Waals surface area contributed by atoms with E-state index < -0.39 is 10.0 Å². The van der Waals surface area contributed by atoms with E-state index in [1.54, 1.807) is 0 Å². The normalized spacial score (nSPS) is 11.7. The monoisotopic (exact) mass is 311 g/mol. The average molecular weight is 312 g/mol. The van der Waals surface area contributed by atoms with Crippen molar-refractivity contribution in [3.63, 3.8) is 0 Å². The van der Waals surface area contributed by atoms with E-state index in [4.69, 9.17) is 29.6 Å². The van der Waals surface area contributed by atoms with Gasteiger partial charge in [-0.3, -0.25) is 0 Å². The first-order chi connectivity index (χ1) is 7.93. The van der Waals surface area contributed by atoms with Crippen molar-refractivity contribution in [1.29, 1.82) is 0 Å². The molecule has 0 spiro atoms. The molecule has 0 radical (unpaired) electrons. The van der Waals surface area contributed by atoms with Gasteiger partial charge in [0.1, 0.15) is 9.23 Å². The van der Waals surface area contributed by atoms with Gasteiger partial charge in [-0.15, -0.1) is 17.8 Å². The minimum Gasteiger partial charge on any atom is -0.207 e. The first kappa shape index (κ1) is 14.8. The van der Waals surface area contributed by atoms with Gasteiger partial charge < -0.3 is 0 Å². The Morgan fingerprint density at radius 3 is 2.59 bits per heavy atom. The molecule has 0 fully saturated rings. The third-order valence-corrected chi connectivity index (χ3v) is 5.58. The SMILES string of the molecule is C#CCN(CCC)S(=O)(=O)c1cc(Cl)sc1Cl. The molecule has 1 rings (SSSR count). The van der Waals surface area contributed by atoms with Gasteiger partial charge in [0.25, 0.3) is 0 Å². The third-order valence-electron chi connectivity index (χ3n) is 1.98. The summed E-state index contributed by atoms with van der Waals surface area (Å²) in [7, 11) is -3.65. The maximum atomic E-state index is 12.2. The van der Waals surface area contributed by atoms with Crippen LogP contribution in [0.3, 0.4) is 0 Å². The maximum Gasteiger partial charge on any atom is 0.246 e. The van der Waals surface area contributed by atoms with Crippen molar-refractivity contribution in [3.8, 4) is 12.3 Å². The molecular weight excluding hydrogens is 301 g/mol. The molecule has 17 heavy (non-hydrogen) atoms. The van der Waals surface area contributed by atoms with Crippen molar-refractivity contribution >= 4 is 44.6 Å². The second kappa shape index (κ2) is 6.07. The Hall–Kier alpha value is -0.250. The zero-order valence-electron chi connectivity index (χ0n) is 9.11. The molecule has 0 aliphatic carbocycles. The van der Waals surface area contributed by atoms with Crippen LogP contribution in [0, 0.1) is 12.3 Å². The fraction of sp³-hybridized carbons (Fsp3) is 0.400. The van der Waals surface area contributed by atoms with E-state index in [-0.39, 0.29) is 15.8 Å². The summed E-state index contributed by atoms with van der Waals surface area (Å²) in [5.41, 5.74) is 0. The maximum absolute atomic E-state index is 12.2. The summed E-state index contributed by atoms with van der Waals surface area (Å²) in [5.74, 6) is 2.33. The number of halogens is 2. The molecule has 7 heteroatoms. The summed E-state index contributed by atoms with van der Waals surface area (Å²) >= 11 is 12.6. The van der Waals surface area contributed by atoms with Gasteiger partial charge in [-0.05, 0) is 12.5 Å². The molecule has 0 N–H and O–H groups in total. The highest BCUT2D eigenvalue weighted by molar-refractivity contribution is 7.89. The molecule has 1 aromatic heterocycles. The van der Waals surface area contributed by atoms with Gasteiger partial charge in [0.15, 0.2) is 0 Å². The highest BCUT2D eigenvalue weighted by atomic mass is 35.5. The molecule has 0 saturated carbocycles. The summed E-state index contributed by atoms with van der Waals surface area (Å²) in [6.45, 7) is 2.26. The van der Waals surface area contributed by atoms with E-state index >= 15 is 0 Å². The van der Waals surface area contributed by atoms with Crippen LogP contribution in [0.15, 0.2) is 11.0 Å². The number of nitrogens with zero attached hydrogens (tertiary/aromatic N) is 1. The molecule has 0 aliphatic rings. The molecule has 0 aliphatic heterocycles. The molecule has 1 aromatic rings. The zero-order chi connectivity index (χ0) is 13.1. The molecule has 94 valence electrons. The van der Waals surface area contributed by atoms with E-state index in [1.165, 1.54) is 10.4 Å². The van der Waals surface area contributed by atoms with E-state index in [0.717, 1.165) is 11.3 Å². The Morgan fingerprint density at radius 2 is 2.18 bits per heavy atom. The number of hydrogen-bond acceptors (Lipinski definition) is 3. The fourth-order valence-corrected chi connectivity index (χ4v) is 4.83. The van der Waals surface area contributed by atoms with Crippen LogP contribution >= 0.6 is 34.5 Å². The second-order valence-corrected chi connectivity index (χ2v) is 7.42. The van der Waals surface area contributed by atoms with Gasteiger partial charge in [0, 0.05) is 6.54 Å². The van der Waals surface area contributed by atoms with Gasteiger partial charge in [-0.1, -0.05) is 36.0 Å². The van der Waals surface area contributed by atoms with Crippen molar-refractivity contribution < 1.29 is 8.42 Å². The fourth-order valence-electron chi connectivity index (χ4n) is 1.28. The van der Waals surface area contributed by atoms with Gasteiger partial charge >= 0.3 is 0 Å². The molecule has 0 aromatic carbocycles. The summed E-state index contributed by atoms with van der Waals surface area (Å²) < 4.78 is 26.2. The lowest BCUT2D eigenvalue weighted by Crippen LogP contribution is -2.32. The van der Waals surface area contributed by atoms with Crippen molar-refractivity contribution in [2.75, 3.05) is 13.1 Å². The van der Waals surface area contributed by atoms with E-state index in [2.05, 4.69) is 5.92 Å². The Morgan fingerprint density at radius 1 is 1.53 bits per heavy atom. The van der Waals surface area contributed by atoms with Crippen molar-refractivity contribution in [2.45, 2.75) is 18.2 Å². The standard InChI is InChI=1S/C10H11Cl2NO2S2/c1-3-5-13(6-4-2)17(14,15)8-7-9(11)16-10(8)12/h1,7H,4-6H2,2H3. The van der Waals surface area contributed by atoms with Gasteiger partial charge in [-0.25, -0.2) is 8.42 Å². The molecular formula is C10H11Cl2NO2S2. The van der Waals surface area contributed by atoms with Gasteiger partial charge in [0.2, 0.25) is 10.0 Å². The van der Waals surface area contributed by atoms with Crippen LogP contribution in [-0.2, 0) is 10.0 Å². The van der Waals surface area contributed by atoms with Crippen LogP contribution in [0.4, 0.5) is 0 Å². The molecule has 1 heterocycles. The number of hydrogen-bond donors (Lipinski definition) is 0. The van der Waals surface area contributed by atoms with Crippen LogP contribution in [-0.4, -0.2) is 25.8 Å². The summed E-state index contributed by atoms with van der Waals surface area (Å²) in [6, 6.07) is 1.35. The highest BCUT2D eigenvalue weighted by Crippen LogP contribution is 2.35. The third kappa shape index (κ3) is 3.36. The van der Waals surface area contributed by atoms with Crippen molar-refractivity contribution in [3.05, 3.63) is 14.7 Å². The van der Waals surface area contributed by atoms with Crippen molar-refractivity contribution in [1.82, 2.24) is 4.31 Å². The van der Waals surface area contributed by atoms with Crippen LogP contribution in [0.1, 0.15) is 13.3 Å². The van der Waals surface area contributed by atoms with E-state index in [1.807, 2.05) is 6.92 Å². The minimum atomic E-state index is -3.65. The quantitative estimate of drug-likeness (QED) is 0.784. The zero-order valence-corrected chi connectivity index (χ0v) is 12.3. The van der Waals surface area contributed by atoms with Gasteiger partial charge in [0.05, 0.1) is 10.9 Å². The van der Waals surface area contributed by atoms with Crippen LogP contribution < -0.4 is 0 Å². The minimum absolute atomic E-state index is 0.0258. The topological polar surface area (TPSA) is 37.4 Å². The molecule has 0 bridgehead atoms.